The number of aromatic nitrogens is 2. The third kappa shape index (κ3) is 3.90. The summed E-state index contributed by atoms with van der Waals surface area (Å²) in [5, 5.41) is 5.83. The number of alkyl halides is 3. The number of hydrogen-bond acceptors (Lipinski definition) is 2. The minimum Gasteiger partial charge on any atom is -0.350 e. The van der Waals surface area contributed by atoms with Gasteiger partial charge in [0.1, 0.15) is 6.54 Å². The second kappa shape index (κ2) is 5.19. The Balaban J connectivity index is 2.29. The predicted molar refractivity (Wildman–Crippen MR) is 72.1 cm³/mol. The average molecular weight is 324 g/mol. The SMILES string of the molecule is CC(C)(C)NC(=O)Cn1nc(C(F)(F)F)c(Cl)c1C1CC1. The van der Waals surface area contributed by atoms with Gasteiger partial charge in [0.05, 0.1) is 10.7 Å². The topological polar surface area (TPSA) is 46.9 Å². The van der Waals surface area contributed by atoms with Gasteiger partial charge in [0.2, 0.25) is 5.91 Å². The number of hydrogen-bond donors (Lipinski definition) is 1. The van der Waals surface area contributed by atoms with Gasteiger partial charge in [-0.1, -0.05) is 11.6 Å². The Morgan fingerprint density at radius 1 is 1.38 bits per heavy atom. The Bertz CT molecular complexity index is 556. The van der Waals surface area contributed by atoms with E-state index >= 15 is 0 Å². The summed E-state index contributed by atoms with van der Waals surface area (Å²) in [6, 6.07) is 0. The third-order valence-electron chi connectivity index (χ3n) is 2.97. The van der Waals surface area contributed by atoms with E-state index in [9.17, 15) is 18.0 Å². The highest BCUT2D eigenvalue weighted by molar-refractivity contribution is 6.32. The standard InChI is InChI=1S/C13H17ClF3N3O/c1-12(2,3)18-8(21)6-20-10(7-4-5-7)9(14)11(19-20)13(15,16)17/h7H,4-6H2,1-3H3,(H,18,21). The summed E-state index contributed by atoms with van der Waals surface area (Å²) in [6.07, 6.45) is -3.08. The molecule has 1 aromatic rings. The number of halogens is 4. The molecule has 1 saturated carbocycles. The molecule has 8 heteroatoms. The third-order valence-corrected chi connectivity index (χ3v) is 3.34. The second-order valence-electron chi connectivity index (χ2n) is 6.28. The molecule has 0 bridgehead atoms. The van der Waals surface area contributed by atoms with E-state index in [-0.39, 0.29) is 17.5 Å². The Labute approximate surface area is 125 Å². The molecule has 0 unspecified atom stereocenters. The van der Waals surface area contributed by atoms with Gasteiger partial charge in [-0.25, -0.2) is 0 Å². The number of nitrogens with zero attached hydrogens (tertiary/aromatic N) is 2. The number of carbonyl (C=O) groups excluding carboxylic acids is 1. The lowest BCUT2D eigenvalue weighted by Gasteiger charge is -2.20. The number of nitrogens with one attached hydrogen (secondary N) is 1. The molecule has 4 nitrogen and oxygen atoms in total. The first-order valence-electron chi connectivity index (χ1n) is 6.63. The van der Waals surface area contributed by atoms with Gasteiger partial charge in [-0.15, -0.1) is 0 Å². The quantitative estimate of drug-likeness (QED) is 0.927. The van der Waals surface area contributed by atoms with Crippen molar-refractivity contribution in [3.05, 3.63) is 16.4 Å². The van der Waals surface area contributed by atoms with Crippen molar-refractivity contribution in [3.63, 3.8) is 0 Å². The Kier molecular flexibility index (Phi) is 3.99. The molecule has 118 valence electrons. The van der Waals surface area contributed by atoms with Crippen molar-refractivity contribution in [2.45, 2.75) is 57.8 Å². The zero-order chi connectivity index (χ0) is 16.0. The first kappa shape index (κ1) is 16.1. The largest absolute Gasteiger partial charge is 0.436 e. The van der Waals surface area contributed by atoms with Gasteiger partial charge in [-0.2, -0.15) is 18.3 Å². The maximum Gasteiger partial charge on any atom is 0.436 e. The molecule has 21 heavy (non-hydrogen) atoms. The first-order chi connectivity index (χ1) is 9.49. The average Bonchev–Trinajstić information content (AvgIpc) is 3.00. The molecule has 0 spiro atoms. The van der Waals surface area contributed by atoms with Crippen LogP contribution in [0.25, 0.3) is 0 Å². The molecule has 0 atom stereocenters. The number of rotatable bonds is 3. The zero-order valence-corrected chi connectivity index (χ0v) is 12.8. The van der Waals surface area contributed by atoms with Crippen molar-refractivity contribution in [2.24, 2.45) is 0 Å². The highest BCUT2D eigenvalue weighted by Gasteiger charge is 2.42. The molecule has 0 aromatic carbocycles. The number of carbonyl (C=O) groups is 1. The maximum absolute atomic E-state index is 12.9. The second-order valence-corrected chi connectivity index (χ2v) is 6.65. The first-order valence-corrected chi connectivity index (χ1v) is 7.01. The molecule has 1 aliphatic carbocycles. The van der Waals surface area contributed by atoms with Crippen molar-refractivity contribution in [1.29, 1.82) is 0 Å². The van der Waals surface area contributed by atoms with Gasteiger partial charge in [0.25, 0.3) is 0 Å². The van der Waals surface area contributed by atoms with Gasteiger partial charge >= 0.3 is 6.18 Å². The summed E-state index contributed by atoms with van der Waals surface area (Å²) in [5.41, 5.74) is -1.26. The summed E-state index contributed by atoms with van der Waals surface area (Å²) in [4.78, 5) is 11.9. The van der Waals surface area contributed by atoms with Crippen molar-refractivity contribution in [3.8, 4) is 0 Å². The molecular formula is C13H17ClF3N3O. The normalized spacial score (nSPS) is 16.1. The molecular weight excluding hydrogens is 307 g/mol. The van der Waals surface area contributed by atoms with Crippen LogP contribution in [-0.2, 0) is 17.5 Å². The Hall–Kier alpha value is -1.24. The van der Waals surface area contributed by atoms with Crippen LogP contribution in [0.5, 0.6) is 0 Å². The van der Waals surface area contributed by atoms with Crippen molar-refractivity contribution in [1.82, 2.24) is 15.1 Å². The molecule has 0 saturated heterocycles. The summed E-state index contributed by atoms with van der Waals surface area (Å²) in [6.45, 7) is 5.12. The van der Waals surface area contributed by atoms with E-state index in [1.54, 1.807) is 20.8 Å². The van der Waals surface area contributed by atoms with E-state index in [1.807, 2.05) is 0 Å². The molecule has 2 rings (SSSR count). The fourth-order valence-corrected chi connectivity index (χ4v) is 2.49. The zero-order valence-electron chi connectivity index (χ0n) is 12.0. The van der Waals surface area contributed by atoms with Crippen molar-refractivity contribution < 1.29 is 18.0 Å². The van der Waals surface area contributed by atoms with E-state index in [1.165, 1.54) is 0 Å². The molecule has 1 fully saturated rings. The van der Waals surface area contributed by atoms with Gasteiger partial charge in [-0.3, -0.25) is 9.48 Å². The molecule has 1 N–H and O–H groups in total. The van der Waals surface area contributed by atoms with Crippen LogP contribution in [0.3, 0.4) is 0 Å². The van der Waals surface area contributed by atoms with Crippen LogP contribution in [0.4, 0.5) is 13.2 Å². The van der Waals surface area contributed by atoms with E-state index in [0.29, 0.717) is 5.69 Å². The fourth-order valence-electron chi connectivity index (χ4n) is 2.10. The highest BCUT2D eigenvalue weighted by atomic mass is 35.5. The van der Waals surface area contributed by atoms with E-state index in [2.05, 4.69) is 10.4 Å². The molecule has 0 aliphatic heterocycles. The van der Waals surface area contributed by atoms with Gasteiger partial charge in [-0.05, 0) is 33.6 Å². The predicted octanol–water partition coefficient (Wildman–Crippen LogP) is 3.35. The Morgan fingerprint density at radius 3 is 2.38 bits per heavy atom. The minimum atomic E-state index is -4.62. The van der Waals surface area contributed by atoms with E-state index in [0.717, 1.165) is 17.5 Å². The van der Waals surface area contributed by atoms with Crippen molar-refractivity contribution >= 4 is 17.5 Å². The van der Waals surface area contributed by atoms with Crippen molar-refractivity contribution in [2.75, 3.05) is 0 Å². The van der Waals surface area contributed by atoms with Crippen LogP contribution < -0.4 is 5.32 Å². The van der Waals surface area contributed by atoms with Crippen LogP contribution >= 0.6 is 11.6 Å². The maximum atomic E-state index is 12.9. The smallest absolute Gasteiger partial charge is 0.350 e. The lowest BCUT2D eigenvalue weighted by Crippen LogP contribution is -2.42. The molecule has 0 radical (unpaired) electrons. The molecule has 1 aromatic heterocycles. The van der Waals surface area contributed by atoms with Crippen LogP contribution in [0.1, 0.15) is 50.9 Å². The van der Waals surface area contributed by atoms with E-state index < -0.39 is 23.3 Å². The summed E-state index contributed by atoms with van der Waals surface area (Å²) >= 11 is 5.83. The van der Waals surface area contributed by atoms with Gasteiger partial charge in [0.15, 0.2) is 5.69 Å². The molecule has 1 aliphatic rings. The lowest BCUT2D eigenvalue weighted by molar-refractivity contribution is -0.141. The Morgan fingerprint density at radius 2 is 1.95 bits per heavy atom. The summed E-state index contributed by atoms with van der Waals surface area (Å²) < 4.78 is 39.7. The molecule has 1 heterocycles. The van der Waals surface area contributed by atoms with Gasteiger partial charge < -0.3 is 5.32 Å². The van der Waals surface area contributed by atoms with E-state index in [4.69, 9.17) is 11.6 Å². The monoisotopic (exact) mass is 323 g/mol. The molecule has 1 amide bonds. The minimum absolute atomic E-state index is 0.0384. The highest BCUT2D eigenvalue weighted by Crippen LogP contribution is 2.46. The summed E-state index contributed by atoms with van der Waals surface area (Å²) in [7, 11) is 0. The van der Waals surface area contributed by atoms with Crippen LogP contribution in [0.15, 0.2) is 0 Å². The summed E-state index contributed by atoms with van der Waals surface area (Å²) in [5.74, 6) is -0.430. The number of amides is 1. The fraction of sp³-hybridized carbons (Fsp3) is 0.692. The van der Waals surface area contributed by atoms with Crippen LogP contribution in [0.2, 0.25) is 5.02 Å². The lowest BCUT2D eigenvalue weighted by atomic mass is 10.1. The van der Waals surface area contributed by atoms with Gasteiger partial charge in [0, 0.05) is 11.5 Å². The van der Waals surface area contributed by atoms with Crippen LogP contribution in [0, 0.1) is 0 Å². The van der Waals surface area contributed by atoms with Crippen LogP contribution in [-0.4, -0.2) is 21.2 Å².